The van der Waals surface area contributed by atoms with Gasteiger partial charge in [0.05, 0.1) is 5.02 Å². The van der Waals surface area contributed by atoms with Crippen LogP contribution in [0.1, 0.15) is 0 Å². The zero-order valence-electron chi connectivity index (χ0n) is 9.11. The summed E-state index contributed by atoms with van der Waals surface area (Å²) in [5.41, 5.74) is 0.0149. The average Bonchev–Trinajstić information content (AvgIpc) is 2.35. The zero-order chi connectivity index (χ0) is 13.1. The third-order valence-electron chi connectivity index (χ3n) is 2.31. The summed E-state index contributed by atoms with van der Waals surface area (Å²) in [6.45, 7) is 0. The van der Waals surface area contributed by atoms with Crippen molar-refractivity contribution in [3.8, 4) is 5.75 Å². The first kappa shape index (κ1) is 13.6. The third kappa shape index (κ3) is 3.16. The maximum atomic E-state index is 13.6. The van der Waals surface area contributed by atoms with Gasteiger partial charge >= 0.3 is 7.12 Å². The van der Waals surface area contributed by atoms with Gasteiger partial charge in [-0.1, -0.05) is 23.7 Å². The lowest BCUT2D eigenvalue weighted by molar-refractivity contribution is 0.430. The molecule has 0 heterocycles. The molecule has 6 heteroatoms. The summed E-state index contributed by atoms with van der Waals surface area (Å²) in [5.74, 6) is -0.209. The number of hydrogen-bond donors (Lipinski definition) is 1. The van der Waals surface area contributed by atoms with Gasteiger partial charge in [-0.25, -0.2) is 4.39 Å². The minimum atomic E-state index is -1.39. The molecule has 0 unspecified atom stereocenters. The van der Waals surface area contributed by atoms with Crippen LogP contribution in [0.3, 0.4) is 0 Å². The Labute approximate surface area is 123 Å². The van der Waals surface area contributed by atoms with Crippen molar-refractivity contribution < 1.29 is 14.1 Å². The molecular weight excluding hydrogens is 368 g/mol. The highest BCUT2D eigenvalue weighted by Crippen LogP contribution is 2.15. The van der Waals surface area contributed by atoms with Gasteiger partial charge in [0, 0.05) is 9.03 Å². The van der Waals surface area contributed by atoms with Crippen molar-refractivity contribution >= 4 is 46.8 Å². The van der Waals surface area contributed by atoms with Gasteiger partial charge in [0.25, 0.3) is 0 Å². The van der Waals surface area contributed by atoms with Crippen LogP contribution in [0.2, 0.25) is 5.02 Å². The first-order valence-corrected chi connectivity index (χ1v) is 6.58. The molecular formula is C12H8BClFIO2. The third-order valence-corrected chi connectivity index (χ3v) is 3.32. The van der Waals surface area contributed by atoms with E-state index in [0.29, 0.717) is 5.75 Å². The number of hydrogen-bond acceptors (Lipinski definition) is 2. The second kappa shape index (κ2) is 5.90. The van der Waals surface area contributed by atoms with Gasteiger partial charge in [-0.15, -0.1) is 0 Å². The summed E-state index contributed by atoms with van der Waals surface area (Å²) in [4.78, 5) is 0. The minimum absolute atomic E-state index is 0.0149. The molecule has 0 aliphatic carbocycles. The Kier molecular flexibility index (Phi) is 4.47. The van der Waals surface area contributed by atoms with Crippen LogP contribution in [0, 0.1) is 9.39 Å². The highest BCUT2D eigenvalue weighted by Gasteiger charge is 2.24. The molecule has 0 spiro atoms. The molecule has 0 aliphatic rings. The molecule has 0 saturated heterocycles. The van der Waals surface area contributed by atoms with E-state index in [0.717, 1.165) is 3.57 Å². The normalized spacial score (nSPS) is 10.2. The van der Waals surface area contributed by atoms with Gasteiger partial charge in [-0.05, 0) is 52.9 Å². The van der Waals surface area contributed by atoms with Gasteiger partial charge in [0.1, 0.15) is 11.6 Å². The van der Waals surface area contributed by atoms with Gasteiger partial charge in [0.2, 0.25) is 0 Å². The molecule has 2 aromatic carbocycles. The second-order valence-electron chi connectivity index (χ2n) is 3.57. The topological polar surface area (TPSA) is 29.5 Å². The zero-order valence-corrected chi connectivity index (χ0v) is 12.0. The van der Waals surface area contributed by atoms with Crippen molar-refractivity contribution in [3.05, 3.63) is 56.9 Å². The predicted octanol–water partition coefficient (Wildman–Crippen LogP) is 2.85. The maximum Gasteiger partial charge on any atom is 0.563 e. The summed E-state index contributed by atoms with van der Waals surface area (Å²) in [7, 11) is -1.39. The van der Waals surface area contributed by atoms with Crippen LogP contribution in [0.4, 0.5) is 4.39 Å². The molecule has 0 aromatic heterocycles. The Morgan fingerprint density at radius 1 is 1.17 bits per heavy atom. The Morgan fingerprint density at radius 3 is 2.50 bits per heavy atom. The second-order valence-corrected chi connectivity index (χ2v) is 5.22. The lowest BCUT2D eigenvalue weighted by Gasteiger charge is -2.11. The lowest BCUT2D eigenvalue weighted by Crippen LogP contribution is -2.39. The summed E-state index contributed by atoms with van der Waals surface area (Å²) in [6, 6.07) is 11.5. The Hall–Kier alpha value is -0.785. The van der Waals surface area contributed by atoms with E-state index in [4.69, 9.17) is 16.3 Å². The van der Waals surface area contributed by atoms with Crippen molar-refractivity contribution in [1.82, 2.24) is 0 Å². The van der Waals surface area contributed by atoms with E-state index < -0.39 is 12.9 Å². The first-order chi connectivity index (χ1) is 8.58. The Bertz CT molecular complexity index is 550. The Balaban J connectivity index is 2.19. The van der Waals surface area contributed by atoms with E-state index in [1.807, 2.05) is 12.1 Å². The molecule has 0 bridgehead atoms. The molecule has 0 atom stereocenters. The predicted molar refractivity (Wildman–Crippen MR) is 78.8 cm³/mol. The lowest BCUT2D eigenvalue weighted by atomic mass is 9.79. The number of rotatable bonds is 3. The van der Waals surface area contributed by atoms with E-state index >= 15 is 0 Å². The molecule has 2 nitrogen and oxygen atoms in total. The molecule has 0 saturated carbocycles. The summed E-state index contributed by atoms with van der Waals surface area (Å²) >= 11 is 7.79. The fourth-order valence-corrected chi connectivity index (χ4v) is 1.96. The van der Waals surface area contributed by atoms with E-state index in [1.54, 1.807) is 18.2 Å². The Morgan fingerprint density at radius 2 is 1.83 bits per heavy atom. The molecule has 18 heavy (non-hydrogen) atoms. The van der Waals surface area contributed by atoms with Gasteiger partial charge < -0.3 is 9.68 Å². The maximum absolute atomic E-state index is 13.6. The fourth-order valence-electron chi connectivity index (χ4n) is 1.42. The number of benzene rings is 2. The minimum Gasteiger partial charge on any atom is -0.532 e. The summed E-state index contributed by atoms with van der Waals surface area (Å²) < 4.78 is 19.9. The molecule has 0 radical (unpaired) electrons. The van der Waals surface area contributed by atoms with Crippen LogP contribution in [0.5, 0.6) is 5.75 Å². The monoisotopic (exact) mass is 376 g/mol. The van der Waals surface area contributed by atoms with E-state index in [1.165, 1.54) is 12.1 Å². The van der Waals surface area contributed by atoms with Gasteiger partial charge in [0.15, 0.2) is 0 Å². The molecule has 0 fully saturated rings. The quantitative estimate of drug-likeness (QED) is 0.660. The van der Waals surface area contributed by atoms with Crippen molar-refractivity contribution in [3.63, 3.8) is 0 Å². The van der Waals surface area contributed by atoms with E-state index in [9.17, 15) is 9.41 Å². The molecule has 1 N–H and O–H groups in total. The number of halogens is 3. The van der Waals surface area contributed by atoms with E-state index in [2.05, 4.69) is 22.6 Å². The smallest absolute Gasteiger partial charge is 0.532 e. The van der Waals surface area contributed by atoms with Crippen LogP contribution in [-0.4, -0.2) is 12.1 Å². The average molecular weight is 376 g/mol. The molecule has 2 aromatic rings. The van der Waals surface area contributed by atoms with Crippen LogP contribution < -0.4 is 10.1 Å². The summed E-state index contributed by atoms with van der Waals surface area (Å²) in [5, 5.41) is 9.78. The standard InChI is InChI=1S/C12H8BClFIO2/c14-11-3-1-2-10(12(11)15)13(17)18-9-6-4-8(16)5-7-9/h1-7,17H. The van der Waals surface area contributed by atoms with Crippen LogP contribution in [0.15, 0.2) is 42.5 Å². The van der Waals surface area contributed by atoms with Gasteiger partial charge in [-0.3, -0.25) is 0 Å². The highest BCUT2D eigenvalue weighted by molar-refractivity contribution is 14.1. The SMILES string of the molecule is OB(Oc1ccc(I)cc1)c1cccc(Cl)c1F. The van der Waals surface area contributed by atoms with Crippen LogP contribution >= 0.6 is 34.2 Å². The fraction of sp³-hybridized carbons (Fsp3) is 0. The van der Waals surface area contributed by atoms with Crippen LogP contribution in [-0.2, 0) is 0 Å². The molecule has 92 valence electrons. The summed E-state index contributed by atoms with van der Waals surface area (Å²) in [6.07, 6.45) is 0. The molecule has 0 amide bonds. The van der Waals surface area contributed by atoms with Crippen molar-refractivity contribution in [2.75, 3.05) is 0 Å². The molecule has 0 aliphatic heterocycles. The van der Waals surface area contributed by atoms with Crippen molar-refractivity contribution in [2.24, 2.45) is 0 Å². The highest BCUT2D eigenvalue weighted by atomic mass is 127. The van der Waals surface area contributed by atoms with Crippen LogP contribution in [0.25, 0.3) is 0 Å². The van der Waals surface area contributed by atoms with Crippen molar-refractivity contribution in [1.29, 1.82) is 0 Å². The largest absolute Gasteiger partial charge is 0.563 e. The first-order valence-electron chi connectivity index (χ1n) is 5.12. The van der Waals surface area contributed by atoms with E-state index in [-0.39, 0.29) is 10.5 Å². The van der Waals surface area contributed by atoms with Gasteiger partial charge in [-0.2, -0.15) is 0 Å². The molecule has 2 rings (SSSR count). The van der Waals surface area contributed by atoms with Crippen molar-refractivity contribution in [2.45, 2.75) is 0 Å².